The van der Waals surface area contributed by atoms with Crippen LogP contribution in [0.1, 0.15) is 6.92 Å². The fourth-order valence-corrected chi connectivity index (χ4v) is 1.39. The summed E-state index contributed by atoms with van der Waals surface area (Å²) in [7, 11) is 6.38. The molecule has 0 aliphatic carbocycles. The first-order valence-corrected chi connectivity index (χ1v) is 5.12. The van der Waals surface area contributed by atoms with E-state index in [0.29, 0.717) is 0 Å². The van der Waals surface area contributed by atoms with Gasteiger partial charge in [0.2, 0.25) is 0 Å². The van der Waals surface area contributed by atoms with Gasteiger partial charge in [-0.2, -0.15) is 0 Å². The first-order chi connectivity index (χ1) is 6.15. The highest BCUT2D eigenvalue weighted by molar-refractivity contribution is 8.13. The Morgan fingerprint density at radius 1 is 1.20 bits per heavy atom. The summed E-state index contributed by atoms with van der Waals surface area (Å²) < 4.78 is 0.931. The van der Waals surface area contributed by atoms with E-state index >= 15 is 0 Å². The van der Waals surface area contributed by atoms with Gasteiger partial charge in [-0.1, -0.05) is 11.8 Å². The maximum absolute atomic E-state index is 10.5. The molecule has 0 saturated carbocycles. The van der Waals surface area contributed by atoms with Gasteiger partial charge < -0.3 is 28.4 Å². The number of urea groups is 1. The van der Waals surface area contributed by atoms with Gasteiger partial charge in [-0.05, 0) is 0 Å². The van der Waals surface area contributed by atoms with Gasteiger partial charge in [-0.25, -0.2) is 4.79 Å². The standard InChI is InChI=1S/C7H16NOS.CH4N2O.ClH/c1-7(9)10-6-5-8(2,3)4;2-1(3)4;/h5-6H2,1-4H3;(H4,2,3,4);1H/q+1;;/p-1. The van der Waals surface area contributed by atoms with Gasteiger partial charge in [0.25, 0.3) is 0 Å². The quantitative estimate of drug-likeness (QED) is 0.529. The summed E-state index contributed by atoms with van der Waals surface area (Å²) >= 11 is 1.40. The topological polar surface area (TPSA) is 86.2 Å². The van der Waals surface area contributed by atoms with Gasteiger partial charge in [-0.15, -0.1) is 0 Å². The van der Waals surface area contributed by atoms with Gasteiger partial charge in [0.1, 0.15) is 0 Å². The normalized spacial score (nSPS) is 9.33. The molecule has 4 N–H and O–H groups in total. The first-order valence-electron chi connectivity index (χ1n) is 4.14. The molecule has 0 unspecified atom stereocenters. The highest BCUT2D eigenvalue weighted by Crippen LogP contribution is 2.02. The molecule has 0 aromatic heterocycles. The fraction of sp³-hybridized carbons (Fsp3) is 0.750. The molecule has 0 aliphatic rings. The van der Waals surface area contributed by atoms with Gasteiger partial charge in [0.05, 0.1) is 33.4 Å². The van der Waals surface area contributed by atoms with E-state index in [0.717, 1.165) is 16.8 Å². The van der Waals surface area contributed by atoms with Crippen LogP contribution in [-0.4, -0.2) is 49.1 Å². The molecule has 0 aromatic carbocycles. The number of quaternary nitrogens is 1. The van der Waals surface area contributed by atoms with Gasteiger partial charge in [-0.3, -0.25) is 4.79 Å². The number of hydrogen-bond donors (Lipinski definition) is 2. The number of nitrogens with zero attached hydrogens (tertiary/aromatic N) is 1. The minimum atomic E-state index is -0.833. The van der Waals surface area contributed by atoms with E-state index in [1.54, 1.807) is 6.92 Å². The Morgan fingerprint density at radius 2 is 1.53 bits per heavy atom. The molecular weight excluding hydrogens is 238 g/mol. The zero-order chi connectivity index (χ0) is 11.8. The number of thioether (sulfide) groups is 1. The van der Waals surface area contributed by atoms with Crippen molar-refractivity contribution in [2.75, 3.05) is 33.4 Å². The molecule has 92 valence electrons. The number of nitrogens with two attached hydrogens (primary N) is 2. The minimum absolute atomic E-state index is 0. The van der Waals surface area contributed by atoms with Crippen LogP contribution in [0.3, 0.4) is 0 Å². The number of hydrogen-bond acceptors (Lipinski definition) is 3. The summed E-state index contributed by atoms with van der Waals surface area (Å²) in [6.45, 7) is 2.66. The summed E-state index contributed by atoms with van der Waals surface area (Å²) in [5.74, 6) is 0.929. The van der Waals surface area contributed by atoms with Crippen LogP contribution in [-0.2, 0) is 4.79 Å². The highest BCUT2D eigenvalue weighted by Gasteiger charge is 2.06. The predicted molar refractivity (Wildman–Crippen MR) is 59.8 cm³/mol. The molecule has 0 aromatic rings. The van der Waals surface area contributed by atoms with Crippen molar-refractivity contribution in [1.29, 1.82) is 0 Å². The molecule has 15 heavy (non-hydrogen) atoms. The maximum atomic E-state index is 10.5. The van der Waals surface area contributed by atoms with Crippen molar-refractivity contribution in [3.63, 3.8) is 0 Å². The Kier molecular flexibility index (Phi) is 13.4. The number of amides is 2. The summed E-state index contributed by atoms with van der Waals surface area (Å²) in [5.41, 5.74) is 8.50. The van der Waals surface area contributed by atoms with Crippen LogP contribution in [0.2, 0.25) is 0 Å². The molecular formula is C8H20ClN3O2S. The average Bonchev–Trinajstić information content (AvgIpc) is 1.80. The summed E-state index contributed by atoms with van der Waals surface area (Å²) in [6.07, 6.45) is 0. The van der Waals surface area contributed by atoms with Crippen LogP contribution >= 0.6 is 11.8 Å². The molecule has 0 radical (unpaired) electrons. The van der Waals surface area contributed by atoms with Crippen LogP contribution in [0.4, 0.5) is 4.79 Å². The Labute approximate surface area is 102 Å². The smallest absolute Gasteiger partial charge is 0.309 e. The van der Waals surface area contributed by atoms with E-state index in [1.165, 1.54) is 11.8 Å². The van der Waals surface area contributed by atoms with E-state index in [2.05, 4.69) is 32.6 Å². The lowest BCUT2D eigenvalue weighted by Gasteiger charge is -2.22. The molecule has 0 spiro atoms. The molecule has 0 bridgehead atoms. The zero-order valence-corrected chi connectivity index (χ0v) is 11.2. The second-order valence-electron chi connectivity index (χ2n) is 3.76. The van der Waals surface area contributed by atoms with Gasteiger partial charge >= 0.3 is 6.03 Å². The lowest BCUT2D eigenvalue weighted by Crippen LogP contribution is -3.00. The van der Waals surface area contributed by atoms with Crippen LogP contribution in [0.15, 0.2) is 0 Å². The minimum Gasteiger partial charge on any atom is -1.00 e. The van der Waals surface area contributed by atoms with E-state index in [-0.39, 0.29) is 17.5 Å². The lowest BCUT2D eigenvalue weighted by atomic mass is 10.6. The maximum Gasteiger partial charge on any atom is 0.309 e. The van der Waals surface area contributed by atoms with E-state index in [9.17, 15) is 4.79 Å². The summed E-state index contributed by atoms with van der Waals surface area (Å²) in [5, 5.41) is 0.216. The summed E-state index contributed by atoms with van der Waals surface area (Å²) in [6, 6.07) is -0.833. The molecule has 0 aliphatic heterocycles. The largest absolute Gasteiger partial charge is 1.00 e. The van der Waals surface area contributed by atoms with Crippen LogP contribution in [0.25, 0.3) is 0 Å². The SMILES string of the molecule is CC(=O)SCC[N+](C)(C)C.NC(N)=O.[Cl-]. The molecule has 0 rings (SSSR count). The Balaban J connectivity index is -0.000000249. The third kappa shape index (κ3) is 42.2. The van der Waals surface area contributed by atoms with Crippen molar-refractivity contribution in [3.05, 3.63) is 0 Å². The first kappa shape index (κ1) is 20.0. The van der Waals surface area contributed by atoms with Crippen LogP contribution in [0.5, 0.6) is 0 Å². The average molecular weight is 258 g/mol. The fourth-order valence-electron chi connectivity index (χ4n) is 0.463. The van der Waals surface area contributed by atoms with Gasteiger partial charge in [0, 0.05) is 6.92 Å². The molecule has 0 heterocycles. The Morgan fingerprint density at radius 3 is 1.73 bits per heavy atom. The number of carbonyl (C=O) groups is 2. The molecule has 0 saturated heterocycles. The van der Waals surface area contributed by atoms with E-state index in [1.807, 2.05) is 0 Å². The third-order valence-corrected chi connectivity index (χ3v) is 1.86. The van der Waals surface area contributed by atoms with Crippen LogP contribution in [0, 0.1) is 0 Å². The van der Waals surface area contributed by atoms with E-state index < -0.39 is 6.03 Å². The zero-order valence-electron chi connectivity index (χ0n) is 9.62. The molecule has 0 fully saturated rings. The van der Waals surface area contributed by atoms with Crippen molar-refractivity contribution in [2.45, 2.75) is 6.92 Å². The molecule has 0 atom stereocenters. The van der Waals surface area contributed by atoms with E-state index in [4.69, 9.17) is 4.79 Å². The van der Waals surface area contributed by atoms with Crippen molar-refractivity contribution < 1.29 is 26.5 Å². The predicted octanol–water partition coefficient (Wildman–Crippen LogP) is -3.00. The van der Waals surface area contributed by atoms with Crippen molar-refractivity contribution >= 4 is 22.9 Å². The van der Waals surface area contributed by atoms with Crippen molar-refractivity contribution in [3.8, 4) is 0 Å². The number of carbonyl (C=O) groups excluding carboxylic acids is 2. The van der Waals surface area contributed by atoms with Crippen molar-refractivity contribution in [2.24, 2.45) is 11.5 Å². The second-order valence-corrected chi connectivity index (χ2v) is 5.03. The number of rotatable bonds is 3. The van der Waals surface area contributed by atoms with Gasteiger partial charge in [0.15, 0.2) is 5.12 Å². The Bertz CT molecular complexity index is 191. The number of halogens is 1. The van der Waals surface area contributed by atoms with Crippen LogP contribution < -0.4 is 23.9 Å². The number of primary amides is 2. The Hall–Kier alpha value is -0.460. The summed E-state index contributed by atoms with van der Waals surface area (Å²) in [4.78, 5) is 19.5. The van der Waals surface area contributed by atoms with Crippen molar-refractivity contribution in [1.82, 2.24) is 0 Å². The lowest BCUT2D eigenvalue weighted by molar-refractivity contribution is -0.867. The second kappa shape index (κ2) is 10.1. The highest BCUT2D eigenvalue weighted by atomic mass is 35.5. The molecule has 7 heteroatoms. The third-order valence-electron chi connectivity index (χ3n) is 1.07. The molecule has 2 amide bonds. The molecule has 5 nitrogen and oxygen atoms in total. The monoisotopic (exact) mass is 257 g/mol.